The first-order valence-electron chi connectivity index (χ1n) is 8.23. The van der Waals surface area contributed by atoms with Crippen LogP contribution in [0.3, 0.4) is 0 Å². The molecule has 0 saturated carbocycles. The number of nitrogens with two attached hydrogens (primary N) is 1. The smallest absolute Gasteiger partial charge is 0.231 e. The van der Waals surface area contributed by atoms with Gasteiger partial charge in [0, 0.05) is 11.1 Å². The van der Waals surface area contributed by atoms with Crippen molar-refractivity contribution in [1.82, 2.24) is 4.98 Å². The van der Waals surface area contributed by atoms with Crippen molar-refractivity contribution in [2.24, 2.45) is 5.73 Å². The van der Waals surface area contributed by atoms with E-state index in [0.717, 1.165) is 34.4 Å². The molecule has 0 spiro atoms. The molecule has 2 heterocycles. The average Bonchev–Trinajstić information content (AvgIpc) is 3.25. The summed E-state index contributed by atoms with van der Waals surface area (Å²) in [6.45, 7) is 2.05. The molecule has 1 aromatic heterocycles. The van der Waals surface area contributed by atoms with E-state index in [0.29, 0.717) is 18.1 Å². The van der Waals surface area contributed by atoms with E-state index < -0.39 is 5.54 Å². The van der Waals surface area contributed by atoms with Gasteiger partial charge in [0.15, 0.2) is 17.1 Å². The number of oxazole rings is 1. The number of rotatable bonds is 5. The lowest BCUT2D eigenvalue weighted by Gasteiger charge is -2.21. The topological polar surface area (TPSA) is 90.7 Å². The van der Waals surface area contributed by atoms with E-state index >= 15 is 0 Å². The van der Waals surface area contributed by atoms with Crippen LogP contribution in [0.2, 0.25) is 0 Å². The molecule has 1 aliphatic rings. The Labute approximate surface area is 145 Å². The molecular weight excluding hydrogens is 320 g/mol. The first kappa shape index (κ1) is 15.9. The van der Waals surface area contributed by atoms with Gasteiger partial charge < -0.3 is 24.7 Å². The second kappa shape index (κ2) is 6.06. The fourth-order valence-corrected chi connectivity index (χ4v) is 2.79. The maximum Gasteiger partial charge on any atom is 0.231 e. The van der Waals surface area contributed by atoms with Gasteiger partial charge in [0.25, 0.3) is 0 Å². The molecule has 3 aromatic rings. The minimum Gasteiger partial charge on any atom is -0.454 e. The summed E-state index contributed by atoms with van der Waals surface area (Å²) in [5.74, 6) is 1.98. The highest BCUT2D eigenvalue weighted by Crippen LogP contribution is 2.36. The molecule has 25 heavy (non-hydrogen) atoms. The van der Waals surface area contributed by atoms with Gasteiger partial charge in [-0.3, -0.25) is 0 Å². The third-order valence-electron chi connectivity index (χ3n) is 4.42. The van der Waals surface area contributed by atoms with Crippen molar-refractivity contribution in [3.63, 3.8) is 0 Å². The first-order valence-corrected chi connectivity index (χ1v) is 8.23. The van der Waals surface area contributed by atoms with Gasteiger partial charge in [-0.1, -0.05) is 6.07 Å². The van der Waals surface area contributed by atoms with E-state index in [-0.39, 0.29) is 13.4 Å². The van der Waals surface area contributed by atoms with Gasteiger partial charge in [-0.25, -0.2) is 4.98 Å². The molecular formula is C19H20N2O4. The zero-order valence-corrected chi connectivity index (χ0v) is 14.0. The predicted octanol–water partition coefficient (Wildman–Crippen LogP) is 2.87. The minimum atomic E-state index is -0.573. The van der Waals surface area contributed by atoms with Crippen molar-refractivity contribution in [3.05, 3.63) is 42.0 Å². The molecule has 6 nitrogen and oxygen atoms in total. The van der Waals surface area contributed by atoms with Gasteiger partial charge in [-0.2, -0.15) is 0 Å². The van der Waals surface area contributed by atoms with Gasteiger partial charge in [0.05, 0.1) is 6.61 Å². The van der Waals surface area contributed by atoms with Crippen LogP contribution in [-0.2, 0) is 6.42 Å². The molecule has 1 atom stereocenters. The molecule has 0 amide bonds. The first-order chi connectivity index (χ1) is 12.0. The number of aromatic nitrogens is 1. The summed E-state index contributed by atoms with van der Waals surface area (Å²) < 4.78 is 16.6. The molecule has 0 aliphatic carbocycles. The third-order valence-corrected chi connectivity index (χ3v) is 4.42. The molecule has 0 bridgehead atoms. The number of hydrogen-bond donors (Lipinski definition) is 2. The summed E-state index contributed by atoms with van der Waals surface area (Å²) in [6.07, 6.45) is 1.47. The zero-order chi connectivity index (χ0) is 17.4. The molecule has 0 saturated heterocycles. The van der Waals surface area contributed by atoms with E-state index in [1.165, 1.54) is 0 Å². The van der Waals surface area contributed by atoms with Crippen LogP contribution in [-0.4, -0.2) is 29.0 Å². The summed E-state index contributed by atoms with van der Waals surface area (Å²) in [7, 11) is 0. The lowest BCUT2D eigenvalue weighted by Crippen LogP contribution is -2.40. The van der Waals surface area contributed by atoms with Crippen LogP contribution < -0.4 is 15.2 Å². The van der Waals surface area contributed by atoms with Crippen molar-refractivity contribution in [2.45, 2.75) is 25.3 Å². The zero-order valence-electron chi connectivity index (χ0n) is 14.0. The number of hydrogen-bond acceptors (Lipinski definition) is 6. The molecule has 0 fully saturated rings. The van der Waals surface area contributed by atoms with Crippen LogP contribution in [0.5, 0.6) is 11.5 Å². The molecule has 2 aromatic carbocycles. The summed E-state index contributed by atoms with van der Waals surface area (Å²) >= 11 is 0. The van der Waals surface area contributed by atoms with Crippen molar-refractivity contribution in [1.29, 1.82) is 0 Å². The van der Waals surface area contributed by atoms with Crippen LogP contribution in [0.1, 0.15) is 18.9 Å². The molecule has 4 rings (SSSR count). The Hall–Kier alpha value is -2.57. The monoisotopic (exact) mass is 340 g/mol. The van der Waals surface area contributed by atoms with E-state index in [2.05, 4.69) is 4.98 Å². The Kier molecular flexibility index (Phi) is 3.86. The van der Waals surface area contributed by atoms with Crippen molar-refractivity contribution >= 4 is 11.1 Å². The molecule has 0 radical (unpaired) electrons. The highest BCUT2D eigenvalue weighted by Gasteiger charge is 2.18. The van der Waals surface area contributed by atoms with Gasteiger partial charge in [0.2, 0.25) is 12.7 Å². The van der Waals surface area contributed by atoms with Gasteiger partial charge in [0.1, 0.15) is 5.52 Å². The second-order valence-corrected chi connectivity index (χ2v) is 6.70. The molecule has 6 heteroatoms. The molecule has 3 N–H and O–H groups in total. The van der Waals surface area contributed by atoms with Crippen molar-refractivity contribution < 1.29 is 19.0 Å². The standard InChI is InChI=1S/C19H20N2O4/c1-19(20,10-22)7-6-12-2-4-15-14(8-12)21-18(25-15)13-3-5-16-17(9-13)24-11-23-16/h2-5,8-9,22H,6-7,10-11,20H2,1H3. The number of aliphatic hydroxyl groups is 1. The second-order valence-electron chi connectivity index (χ2n) is 6.70. The van der Waals surface area contributed by atoms with Crippen LogP contribution in [0.15, 0.2) is 40.8 Å². The maximum absolute atomic E-state index is 9.27. The summed E-state index contributed by atoms with van der Waals surface area (Å²) in [5.41, 5.74) is 8.91. The highest BCUT2D eigenvalue weighted by molar-refractivity contribution is 5.77. The number of ether oxygens (including phenoxy) is 2. The van der Waals surface area contributed by atoms with Crippen molar-refractivity contribution in [3.8, 4) is 23.0 Å². The maximum atomic E-state index is 9.27. The summed E-state index contributed by atoms with van der Waals surface area (Å²) in [5, 5.41) is 9.27. The Morgan fingerprint density at radius 2 is 2.00 bits per heavy atom. The average molecular weight is 340 g/mol. The number of fused-ring (bicyclic) bond motifs is 2. The van der Waals surface area contributed by atoms with E-state index in [1.54, 1.807) is 0 Å². The minimum absolute atomic E-state index is 0.0343. The lowest BCUT2D eigenvalue weighted by atomic mass is 9.95. The fraction of sp³-hybridized carbons (Fsp3) is 0.316. The largest absolute Gasteiger partial charge is 0.454 e. The highest BCUT2D eigenvalue weighted by atomic mass is 16.7. The SMILES string of the molecule is CC(N)(CO)CCc1ccc2oc(-c3ccc4c(c3)OCO4)nc2c1. The van der Waals surface area contributed by atoms with Gasteiger partial charge >= 0.3 is 0 Å². The van der Waals surface area contributed by atoms with Gasteiger partial charge in [-0.05, 0) is 55.7 Å². The number of benzene rings is 2. The number of aryl methyl sites for hydroxylation is 1. The Bertz CT molecular complexity index is 917. The Balaban J connectivity index is 1.60. The summed E-state index contributed by atoms with van der Waals surface area (Å²) in [6, 6.07) is 11.6. The third kappa shape index (κ3) is 3.18. The van der Waals surface area contributed by atoms with Crippen LogP contribution >= 0.6 is 0 Å². The van der Waals surface area contributed by atoms with Gasteiger partial charge in [-0.15, -0.1) is 0 Å². The predicted molar refractivity (Wildman–Crippen MR) is 93.6 cm³/mol. The Morgan fingerprint density at radius 1 is 1.16 bits per heavy atom. The van der Waals surface area contributed by atoms with Crippen LogP contribution in [0, 0.1) is 0 Å². The lowest BCUT2D eigenvalue weighted by molar-refractivity contribution is 0.174. The number of aliphatic hydroxyl groups excluding tert-OH is 1. The number of nitrogens with zero attached hydrogens (tertiary/aromatic N) is 1. The molecule has 1 aliphatic heterocycles. The Morgan fingerprint density at radius 3 is 2.84 bits per heavy atom. The van der Waals surface area contributed by atoms with Crippen molar-refractivity contribution in [2.75, 3.05) is 13.4 Å². The quantitative estimate of drug-likeness (QED) is 0.742. The summed E-state index contributed by atoms with van der Waals surface area (Å²) in [4.78, 5) is 4.59. The van der Waals surface area contributed by atoms with Crippen LogP contribution in [0.4, 0.5) is 0 Å². The normalized spacial score (nSPS) is 15.5. The van der Waals surface area contributed by atoms with E-state index in [1.807, 2.05) is 43.3 Å². The molecule has 130 valence electrons. The van der Waals surface area contributed by atoms with E-state index in [9.17, 15) is 5.11 Å². The van der Waals surface area contributed by atoms with Crippen LogP contribution in [0.25, 0.3) is 22.6 Å². The molecule has 1 unspecified atom stereocenters. The van der Waals surface area contributed by atoms with E-state index in [4.69, 9.17) is 19.6 Å². The fourth-order valence-electron chi connectivity index (χ4n) is 2.79.